The van der Waals surface area contributed by atoms with Crippen LogP contribution in [0.15, 0.2) is 41.4 Å². The third kappa shape index (κ3) is 1.98. The van der Waals surface area contributed by atoms with Gasteiger partial charge in [0.1, 0.15) is 0 Å². The Kier molecular flexibility index (Phi) is 2.79. The zero-order valence-electron chi connectivity index (χ0n) is 12.0. The van der Waals surface area contributed by atoms with E-state index in [4.69, 9.17) is 9.47 Å². The first-order valence-electron chi connectivity index (χ1n) is 6.96. The van der Waals surface area contributed by atoms with Crippen LogP contribution in [0.1, 0.15) is 11.1 Å². The number of hydrogen-bond acceptors (Lipinski definition) is 4. The fourth-order valence-corrected chi connectivity index (χ4v) is 2.67. The first-order valence-corrected chi connectivity index (χ1v) is 6.96. The number of aliphatic imine (C=N–C) groups is 1. The van der Waals surface area contributed by atoms with Crippen LogP contribution in [-0.2, 0) is 0 Å². The average molecular weight is 294 g/mol. The fraction of sp³-hybridized carbons (Fsp3) is 0.118. The van der Waals surface area contributed by atoms with Crippen LogP contribution in [0.5, 0.6) is 17.4 Å². The van der Waals surface area contributed by atoms with Crippen molar-refractivity contribution in [3.05, 3.63) is 47.5 Å². The quantitative estimate of drug-likeness (QED) is 0.709. The molecule has 0 unspecified atom stereocenters. The van der Waals surface area contributed by atoms with E-state index in [0.717, 1.165) is 27.9 Å². The summed E-state index contributed by atoms with van der Waals surface area (Å²) in [4.78, 5) is 7.40. The van der Waals surface area contributed by atoms with Gasteiger partial charge in [0.05, 0.1) is 11.3 Å². The second-order valence-electron chi connectivity index (χ2n) is 5.18. The average Bonchev–Trinajstić information content (AvgIpc) is 3.09. The standard InChI is InChI=1S/C17H14N2O3/c1-10-3-2-4-13-16(10)12(17(20)19-13)8-18-11-5-6-14-15(7-11)22-9-21-14/h2-8,19-20H,9H2,1H3. The number of nitrogens with zero attached hydrogens (tertiary/aromatic N) is 1. The van der Waals surface area contributed by atoms with Crippen molar-refractivity contribution in [3.63, 3.8) is 0 Å². The lowest BCUT2D eigenvalue weighted by atomic mass is 10.1. The Morgan fingerprint density at radius 3 is 2.95 bits per heavy atom. The molecule has 0 fully saturated rings. The molecule has 0 saturated heterocycles. The zero-order chi connectivity index (χ0) is 15.1. The van der Waals surface area contributed by atoms with Crippen LogP contribution < -0.4 is 9.47 Å². The van der Waals surface area contributed by atoms with E-state index in [2.05, 4.69) is 9.98 Å². The number of benzene rings is 2. The van der Waals surface area contributed by atoms with Gasteiger partial charge < -0.3 is 19.6 Å². The van der Waals surface area contributed by atoms with Crippen LogP contribution in [0.25, 0.3) is 10.9 Å². The van der Waals surface area contributed by atoms with Crippen molar-refractivity contribution in [2.75, 3.05) is 6.79 Å². The third-order valence-corrected chi connectivity index (χ3v) is 3.75. The van der Waals surface area contributed by atoms with Gasteiger partial charge in [-0.15, -0.1) is 0 Å². The van der Waals surface area contributed by atoms with Gasteiger partial charge >= 0.3 is 0 Å². The molecule has 4 rings (SSSR count). The summed E-state index contributed by atoms with van der Waals surface area (Å²) in [5.41, 5.74) is 3.41. The summed E-state index contributed by atoms with van der Waals surface area (Å²) in [7, 11) is 0. The molecule has 1 aromatic heterocycles. The zero-order valence-corrected chi connectivity index (χ0v) is 12.0. The smallest absolute Gasteiger partial charge is 0.231 e. The number of hydrogen-bond donors (Lipinski definition) is 2. The van der Waals surface area contributed by atoms with Crippen LogP contribution >= 0.6 is 0 Å². The number of ether oxygens (including phenoxy) is 2. The Morgan fingerprint density at radius 1 is 1.18 bits per heavy atom. The van der Waals surface area contributed by atoms with Gasteiger partial charge in [-0.25, -0.2) is 0 Å². The molecule has 22 heavy (non-hydrogen) atoms. The topological polar surface area (TPSA) is 66.8 Å². The minimum absolute atomic E-state index is 0.119. The molecule has 0 atom stereocenters. The normalized spacial score (nSPS) is 13.3. The summed E-state index contributed by atoms with van der Waals surface area (Å²) >= 11 is 0. The molecule has 5 nitrogen and oxygen atoms in total. The maximum absolute atomic E-state index is 10.1. The van der Waals surface area contributed by atoms with E-state index in [9.17, 15) is 5.11 Å². The SMILES string of the molecule is Cc1cccc2[nH]c(O)c(C=Nc3ccc4c(c3)OCO4)c12. The Hall–Kier alpha value is -2.95. The van der Waals surface area contributed by atoms with E-state index in [-0.39, 0.29) is 12.7 Å². The molecule has 2 N–H and O–H groups in total. The lowest BCUT2D eigenvalue weighted by Crippen LogP contribution is -1.92. The highest BCUT2D eigenvalue weighted by molar-refractivity contribution is 6.04. The molecule has 1 aliphatic rings. The van der Waals surface area contributed by atoms with Crippen molar-refractivity contribution in [3.8, 4) is 17.4 Å². The highest BCUT2D eigenvalue weighted by atomic mass is 16.7. The first kappa shape index (κ1) is 12.8. The number of aromatic amines is 1. The predicted molar refractivity (Wildman–Crippen MR) is 84.5 cm³/mol. The molecule has 2 heterocycles. The number of nitrogens with one attached hydrogen (secondary N) is 1. The maximum Gasteiger partial charge on any atom is 0.231 e. The minimum Gasteiger partial charge on any atom is -0.494 e. The summed E-state index contributed by atoms with van der Waals surface area (Å²) in [6.45, 7) is 2.25. The predicted octanol–water partition coefficient (Wildman–Crippen LogP) is 3.66. The lowest BCUT2D eigenvalue weighted by molar-refractivity contribution is 0.174. The van der Waals surface area contributed by atoms with Crippen molar-refractivity contribution in [1.29, 1.82) is 0 Å². The van der Waals surface area contributed by atoms with E-state index in [1.807, 2.05) is 43.3 Å². The second-order valence-corrected chi connectivity index (χ2v) is 5.18. The van der Waals surface area contributed by atoms with Gasteiger partial charge in [-0.2, -0.15) is 0 Å². The molecule has 0 aliphatic carbocycles. The minimum atomic E-state index is 0.119. The molecule has 5 heteroatoms. The van der Waals surface area contributed by atoms with E-state index in [1.165, 1.54) is 0 Å². The summed E-state index contributed by atoms with van der Waals surface area (Å²) in [6, 6.07) is 11.4. The number of rotatable bonds is 2. The molecule has 0 radical (unpaired) electrons. The van der Waals surface area contributed by atoms with Crippen molar-refractivity contribution in [2.24, 2.45) is 4.99 Å². The van der Waals surface area contributed by atoms with E-state index in [1.54, 1.807) is 6.21 Å². The first-order chi connectivity index (χ1) is 10.7. The number of fused-ring (bicyclic) bond motifs is 2. The Labute approximate surface area is 126 Å². The van der Waals surface area contributed by atoms with Gasteiger partial charge in [0, 0.05) is 23.2 Å². The molecule has 3 aromatic rings. The van der Waals surface area contributed by atoms with Crippen LogP contribution in [0.4, 0.5) is 5.69 Å². The summed E-state index contributed by atoms with van der Waals surface area (Å²) in [6.07, 6.45) is 1.67. The van der Waals surface area contributed by atoms with Crippen molar-refractivity contribution >= 4 is 22.8 Å². The largest absolute Gasteiger partial charge is 0.494 e. The van der Waals surface area contributed by atoms with Crippen LogP contribution in [-0.4, -0.2) is 23.1 Å². The van der Waals surface area contributed by atoms with E-state index >= 15 is 0 Å². The monoisotopic (exact) mass is 294 g/mol. The highest BCUT2D eigenvalue weighted by Gasteiger charge is 2.13. The molecular formula is C17H14N2O3. The molecule has 0 amide bonds. The number of aromatic nitrogens is 1. The molecule has 2 aromatic carbocycles. The van der Waals surface area contributed by atoms with Crippen LogP contribution in [0.3, 0.4) is 0 Å². The summed E-state index contributed by atoms with van der Waals surface area (Å²) in [5, 5.41) is 11.1. The number of aromatic hydroxyl groups is 1. The van der Waals surface area contributed by atoms with Crippen molar-refractivity contribution < 1.29 is 14.6 Å². The van der Waals surface area contributed by atoms with Gasteiger partial charge in [-0.3, -0.25) is 4.99 Å². The van der Waals surface area contributed by atoms with Crippen LogP contribution in [0.2, 0.25) is 0 Å². The van der Waals surface area contributed by atoms with E-state index < -0.39 is 0 Å². The van der Waals surface area contributed by atoms with Crippen LogP contribution in [0, 0.1) is 6.92 Å². The molecule has 0 spiro atoms. The number of H-pyrrole nitrogens is 1. The Balaban J connectivity index is 1.76. The molecular weight excluding hydrogens is 280 g/mol. The van der Waals surface area contributed by atoms with Gasteiger partial charge in [-0.05, 0) is 30.7 Å². The second kappa shape index (κ2) is 4.80. The fourth-order valence-electron chi connectivity index (χ4n) is 2.67. The number of aryl methyl sites for hydroxylation is 1. The Bertz CT molecular complexity index is 896. The summed E-state index contributed by atoms with van der Waals surface area (Å²) < 4.78 is 10.6. The third-order valence-electron chi connectivity index (χ3n) is 3.75. The van der Waals surface area contributed by atoms with Crippen molar-refractivity contribution in [1.82, 2.24) is 4.98 Å². The Morgan fingerprint density at radius 2 is 2.05 bits per heavy atom. The van der Waals surface area contributed by atoms with E-state index in [0.29, 0.717) is 11.3 Å². The highest BCUT2D eigenvalue weighted by Crippen LogP contribution is 2.35. The van der Waals surface area contributed by atoms with Gasteiger partial charge in [0.2, 0.25) is 6.79 Å². The maximum atomic E-state index is 10.1. The molecule has 110 valence electrons. The van der Waals surface area contributed by atoms with Gasteiger partial charge in [0.25, 0.3) is 0 Å². The lowest BCUT2D eigenvalue weighted by Gasteiger charge is -1.99. The summed E-state index contributed by atoms with van der Waals surface area (Å²) in [5.74, 6) is 1.53. The molecule has 0 saturated carbocycles. The van der Waals surface area contributed by atoms with Gasteiger partial charge in [-0.1, -0.05) is 12.1 Å². The molecule has 0 bridgehead atoms. The van der Waals surface area contributed by atoms with Gasteiger partial charge in [0.15, 0.2) is 17.4 Å². The molecule has 1 aliphatic heterocycles. The van der Waals surface area contributed by atoms with Crippen molar-refractivity contribution in [2.45, 2.75) is 6.92 Å².